The van der Waals surface area contributed by atoms with Gasteiger partial charge in [0.2, 0.25) is 5.95 Å². The molecule has 0 saturated carbocycles. The van der Waals surface area contributed by atoms with Gasteiger partial charge in [-0.1, -0.05) is 23.7 Å². The normalized spacial score (nSPS) is 11.1. The summed E-state index contributed by atoms with van der Waals surface area (Å²) in [5.41, 5.74) is 10.4. The number of benzene rings is 1. The molecule has 0 aliphatic carbocycles. The third-order valence-corrected chi connectivity index (χ3v) is 3.38. The number of imidazole rings is 1. The topological polar surface area (TPSA) is 56.7 Å². The van der Waals surface area contributed by atoms with Crippen LogP contribution >= 0.6 is 11.6 Å². The third-order valence-electron chi connectivity index (χ3n) is 3.07. The minimum Gasteiger partial charge on any atom is -0.369 e. The molecule has 19 heavy (non-hydrogen) atoms. The van der Waals surface area contributed by atoms with Crippen LogP contribution in [0.1, 0.15) is 11.1 Å². The molecule has 3 rings (SSSR count). The summed E-state index contributed by atoms with van der Waals surface area (Å²) in [7, 11) is 0. The van der Waals surface area contributed by atoms with Gasteiger partial charge in [-0.25, -0.2) is 9.97 Å². The summed E-state index contributed by atoms with van der Waals surface area (Å²) in [6.07, 6.45) is 1.80. The molecule has 96 valence electrons. The van der Waals surface area contributed by atoms with E-state index in [1.54, 1.807) is 10.8 Å². The number of pyridine rings is 1. The lowest BCUT2D eigenvalue weighted by Gasteiger charge is -2.11. The average molecular weight is 273 g/mol. The van der Waals surface area contributed by atoms with E-state index >= 15 is 0 Å². The molecule has 0 aliphatic rings. The Bertz CT molecular complexity index is 756. The molecular weight excluding hydrogens is 260 g/mol. The second-order valence-corrected chi connectivity index (χ2v) is 4.97. The van der Waals surface area contributed by atoms with E-state index < -0.39 is 0 Å². The molecule has 1 aromatic carbocycles. The van der Waals surface area contributed by atoms with E-state index in [1.807, 2.05) is 38.1 Å². The molecule has 0 unspecified atom stereocenters. The summed E-state index contributed by atoms with van der Waals surface area (Å²) >= 11 is 6.29. The molecule has 0 fully saturated rings. The van der Waals surface area contributed by atoms with Gasteiger partial charge in [-0.15, -0.1) is 0 Å². The first-order chi connectivity index (χ1) is 9.08. The van der Waals surface area contributed by atoms with Gasteiger partial charge in [-0.05, 0) is 37.1 Å². The van der Waals surface area contributed by atoms with Gasteiger partial charge in [0.1, 0.15) is 5.52 Å². The number of nitrogen functional groups attached to an aromatic ring is 1. The molecule has 2 N–H and O–H groups in total. The fraction of sp³-hybridized carbons (Fsp3) is 0.143. The summed E-state index contributed by atoms with van der Waals surface area (Å²) in [4.78, 5) is 8.77. The zero-order valence-corrected chi connectivity index (χ0v) is 11.4. The number of aromatic nitrogens is 3. The Hall–Kier alpha value is -2.07. The van der Waals surface area contributed by atoms with Crippen LogP contribution in [0, 0.1) is 13.8 Å². The molecule has 4 nitrogen and oxygen atoms in total. The van der Waals surface area contributed by atoms with E-state index in [9.17, 15) is 0 Å². The summed E-state index contributed by atoms with van der Waals surface area (Å²) < 4.78 is 1.80. The van der Waals surface area contributed by atoms with Crippen LogP contribution in [0.5, 0.6) is 0 Å². The molecule has 5 heteroatoms. The van der Waals surface area contributed by atoms with Crippen molar-refractivity contribution in [1.82, 2.24) is 14.5 Å². The number of anilines is 1. The van der Waals surface area contributed by atoms with Crippen molar-refractivity contribution in [3.8, 4) is 5.69 Å². The van der Waals surface area contributed by atoms with E-state index in [0.717, 1.165) is 28.0 Å². The van der Waals surface area contributed by atoms with Crippen molar-refractivity contribution < 1.29 is 0 Å². The highest BCUT2D eigenvalue weighted by molar-refractivity contribution is 6.32. The molecule has 0 aliphatic heterocycles. The zero-order valence-electron chi connectivity index (χ0n) is 10.7. The van der Waals surface area contributed by atoms with Crippen LogP contribution < -0.4 is 5.73 Å². The van der Waals surface area contributed by atoms with Crippen LogP contribution in [0.3, 0.4) is 0 Å². The SMILES string of the molecule is Cc1cnc2c(c1)nc(N)n2-c1c(C)cccc1Cl. The van der Waals surface area contributed by atoms with Crippen LogP contribution in [0.4, 0.5) is 5.95 Å². The Morgan fingerprint density at radius 2 is 2.05 bits per heavy atom. The van der Waals surface area contributed by atoms with Crippen LogP contribution in [-0.2, 0) is 0 Å². The fourth-order valence-corrected chi connectivity index (χ4v) is 2.52. The van der Waals surface area contributed by atoms with Crippen LogP contribution in [0.25, 0.3) is 16.9 Å². The predicted molar refractivity (Wildman–Crippen MR) is 77.8 cm³/mol. The second kappa shape index (κ2) is 4.24. The van der Waals surface area contributed by atoms with Crippen molar-refractivity contribution in [3.05, 3.63) is 46.6 Å². The number of aryl methyl sites for hydroxylation is 2. The van der Waals surface area contributed by atoms with Crippen molar-refractivity contribution in [1.29, 1.82) is 0 Å². The van der Waals surface area contributed by atoms with Crippen molar-refractivity contribution in [2.45, 2.75) is 13.8 Å². The van der Waals surface area contributed by atoms with E-state index in [2.05, 4.69) is 9.97 Å². The Morgan fingerprint density at radius 3 is 2.79 bits per heavy atom. The summed E-state index contributed by atoms with van der Waals surface area (Å²) in [5, 5.41) is 0.633. The van der Waals surface area contributed by atoms with E-state index in [4.69, 9.17) is 17.3 Å². The lowest BCUT2D eigenvalue weighted by atomic mass is 10.2. The number of nitrogens with zero attached hydrogens (tertiary/aromatic N) is 3. The number of para-hydroxylation sites is 1. The maximum absolute atomic E-state index is 6.29. The average Bonchev–Trinajstić information content (AvgIpc) is 2.65. The highest BCUT2D eigenvalue weighted by atomic mass is 35.5. The number of hydrogen-bond acceptors (Lipinski definition) is 3. The van der Waals surface area contributed by atoms with Crippen LogP contribution in [-0.4, -0.2) is 14.5 Å². The lowest BCUT2D eigenvalue weighted by molar-refractivity contribution is 1.06. The largest absolute Gasteiger partial charge is 0.369 e. The monoisotopic (exact) mass is 272 g/mol. The predicted octanol–water partition coefficient (Wildman–Crippen LogP) is 3.27. The molecule has 0 bridgehead atoms. The zero-order chi connectivity index (χ0) is 13.6. The first kappa shape index (κ1) is 12.0. The van der Waals surface area contributed by atoms with Crippen molar-refractivity contribution in [2.24, 2.45) is 0 Å². The van der Waals surface area contributed by atoms with Crippen LogP contribution in [0.15, 0.2) is 30.5 Å². The van der Waals surface area contributed by atoms with E-state index in [0.29, 0.717) is 11.0 Å². The number of rotatable bonds is 1. The highest BCUT2D eigenvalue weighted by Crippen LogP contribution is 2.29. The molecule has 0 amide bonds. The first-order valence-electron chi connectivity index (χ1n) is 5.94. The quantitative estimate of drug-likeness (QED) is 0.740. The van der Waals surface area contributed by atoms with Gasteiger partial charge in [-0.3, -0.25) is 4.57 Å². The molecule has 2 heterocycles. The van der Waals surface area contributed by atoms with Gasteiger partial charge in [0, 0.05) is 6.20 Å². The fourth-order valence-electron chi connectivity index (χ4n) is 2.21. The molecule has 0 radical (unpaired) electrons. The Morgan fingerprint density at radius 1 is 1.26 bits per heavy atom. The van der Waals surface area contributed by atoms with Crippen molar-refractivity contribution >= 4 is 28.7 Å². The number of fused-ring (bicyclic) bond motifs is 1. The standard InChI is InChI=1S/C14H13ClN4/c1-8-6-11-13(17-7-8)19(14(16)18-11)12-9(2)4-3-5-10(12)15/h3-7H,1-2H3,(H2,16,18). The summed E-state index contributed by atoms with van der Waals surface area (Å²) in [5.74, 6) is 0.393. The molecule has 3 aromatic rings. The lowest BCUT2D eigenvalue weighted by Crippen LogP contribution is -2.04. The second-order valence-electron chi connectivity index (χ2n) is 4.57. The number of halogens is 1. The molecule has 0 spiro atoms. The smallest absolute Gasteiger partial charge is 0.207 e. The van der Waals surface area contributed by atoms with E-state index in [-0.39, 0.29) is 0 Å². The summed E-state index contributed by atoms with van der Waals surface area (Å²) in [6, 6.07) is 7.69. The molecule has 2 aromatic heterocycles. The summed E-state index contributed by atoms with van der Waals surface area (Å²) in [6.45, 7) is 3.96. The third kappa shape index (κ3) is 1.85. The first-order valence-corrected chi connectivity index (χ1v) is 6.32. The van der Waals surface area contributed by atoms with Gasteiger partial charge in [0.15, 0.2) is 5.65 Å². The van der Waals surface area contributed by atoms with Gasteiger partial charge < -0.3 is 5.73 Å². The maximum atomic E-state index is 6.29. The number of nitrogens with two attached hydrogens (primary N) is 1. The van der Waals surface area contributed by atoms with Gasteiger partial charge in [0.05, 0.1) is 10.7 Å². The Balaban J connectivity index is 2.40. The van der Waals surface area contributed by atoms with Gasteiger partial charge in [-0.2, -0.15) is 0 Å². The van der Waals surface area contributed by atoms with Gasteiger partial charge >= 0.3 is 0 Å². The molecular formula is C14H13ClN4. The number of hydrogen-bond donors (Lipinski definition) is 1. The van der Waals surface area contributed by atoms with Crippen LogP contribution in [0.2, 0.25) is 5.02 Å². The Kier molecular flexibility index (Phi) is 2.68. The van der Waals surface area contributed by atoms with Crippen molar-refractivity contribution in [3.63, 3.8) is 0 Å². The minimum atomic E-state index is 0.393. The minimum absolute atomic E-state index is 0.393. The van der Waals surface area contributed by atoms with Crippen molar-refractivity contribution in [2.75, 3.05) is 5.73 Å². The van der Waals surface area contributed by atoms with E-state index in [1.165, 1.54) is 0 Å². The highest BCUT2D eigenvalue weighted by Gasteiger charge is 2.15. The molecule has 0 saturated heterocycles. The van der Waals surface area contributed by atoms with Gasteiger partial charge in [0.25, 0.3) is 0 Å². The maximum Gasteiger partial charge on any atom is 0.207 e. The Labute approximate surface area is 115 Å². The molecule has 0 atom stereocenters.